The minimum Gasteiger partial charge on any atom is -0.375 e. The van der Waals surface area contributed by atoms with Crippen LogP contribution in [0, 0.1) is 12.8 Å². The lowest BCUT2D eigenvalue weighted by Gasteiger charge is -2.38. The van der Waals surface area contributed by atoms with Crippen LogP contribution in [-0.2, 0) is 14.3 Å². The van der Waals surface area contributed by atoms with E-state index in [-0.39, 0.29) is 29.9 Å². The van der Waals surface area contributed by atoms with Gasteiger partial charge in [-0.1, -0.05) is 17.7 Å². The molecular weight excluding hydrogens is 292 g/mol. The van der Waals surface area contributed by atoms with Gasteiger partial charge in [-0.15, -0.1) is 0 Å². The van der Waals surface area contributed by atoms with Crippen LogP contribution in [0.3, 0.4) is 0 Å². The monoisotopic (exact) mass is 316 g/mol. The zero-order valence-electron chi connectivity index (χ0n) is 14.0. The van der Waals surface area contributed by atoms with Crippen molar-refractivity contribution in [3.8, 4) is 0 Å². The van der Waals surface area contributed by atoms with Gasteiger partial charge in [0.2, 0.25) is 11.8 Å². The van der Waals surface area contributed by atoms with Crippen LogP contribution < -0.4 is 4.90 Å². The maximum absolute atomic E-state index is 12.8. The summed E-state index contributed by atoms with van der Waals surface area (Å²) in [4.78, 5) is 28.8. The van der Waals surface area contributed by atoms with E-state index in [4.69, 9.17) is 4.74 Å². The first-order chi connectivity index (χ1) is 11.0. The van der Waals surface area contributed by atoms with Crippen LogP contribution in [0.15, 0.2) is 24.3 Å². The van der Waals surface area contributed by atoms with Gasteiger partial charge in [0.1, 0.15) is 0 Å². The van der Waals surface area contributed by atoms with Gasteiger partial charge in [-0.2, -0.15) is 0 Å². The van der Waals surface area contributed by atoms with Crippen molar-refractivity contribution in [1.82, 2.24) is 4.90 Å². The molecule has 0 aliphatic carbocycles. The minimum absolute atomic E-state index is 0.0289. The second-order valence-electron chi connectivity index (χ2n) is 6.72. The van der Waals surface area contributed by atoms with Gasteiger partial charge in [0.25, 0.3) is 0 Å². The Morgan fingerprint density at radius 3 is 2.57 bits per heavy atom. The van der Waals surface area contributed by atoms with E-state index in [1.807, 2.05) is 49.9 Å². The Bertz CT molecular complexity index is 599. The first kappa shape index (κ1) is 16.0. The van der Waals surface area contributed by atoms with Crippen molar-refractivity contribution in [1.29, 1.82) is 0 Å². The number of amides is 2. The molecule has 2 aliphatic heterocycles. The normalized spacial score (nSPS) is 28.3. The van der Waals surface area contributed by atoms with Gasteiger partial charge in [0.15, 0.2) is 0 Å². The van der Waals surface area contributed by atoms with Crippen molar-refractivity contribution in [2.24, 2.45) is 5.92 Å². The molecule has 1 aromatic carbocycles. The summed E-state index contributed by atoms with van der Waals surface area (Å²) < 4.78 is 5.58. The molecule has 0 saturated carbocycles. The number of rotatable bonds is 2. The Morgan fingerprint density at radius 1 is 1.17 bits per heavy atom. The van der Waals surface area contributed by atoms with E-state index in [2.05, 4.69) is 0 Å². The molecule has 2 saturated heterocycles. The van der Waals surface area contributed by atoms with E-state index < -0.39 is 0 Å². The lowest BCUT2D eigenvalue weighted by molar-refractivity contribution is -0.147. The van der Waals surface area contributed by atoms with E-state index in [1.165, 1.54) is 0 Å². The molecule has 23 heavy (non-hydrogen) atoms. The average Bonchev–Trinajstić information content (AvgIpc) is 2.92. The minimum atomic E-state index is -0.253. The maximum atomic E-state index is 12.8. The third-order valence-electron chi connectivity index (χ3n) is 4.71. The van der Waals surface area contributed by atoms with Gasteiger partial charge < -0.3 is 14.5 Å². The number of aryl methyl sites for hydroxylation is 1. The molecule has 3 rings (SSSR count). The molecule has 0 radical (unpaired) electrons. The topological polar surface area (TPSA) is 49.9 Å². The molecule has 2 aliphatic rings. The fourth-order valence-electron chi connectivity index (χ4n) is 3.29. The van der Waals surface area contributed by atoms with Gasteiger partial charge >= 0.3 is 0 Å². The molecule has 3 unspecified atom stereocenters. The van der Waals surface area contributed by atoms with E-state index in [1.54, 1.807) is 4.90 Å². The zero-order chi connectivity index (χ0) is 16.6. The fraction of sp³-hybridized carbons (Fsp3) is 0.556. The van der Waals surface area contributed by atoms with Gasteiger partial charge in [-0.3, -0.25) is 9.59 Å². The number of ether oxygens (including phenoxy) is 1. The maximum Gasteiger partial charge on any atom is 0.228 e. The van der Waals surface area contributed by atoms with E-state index >= 15 is 0 Å². The fourth-order valence-corrected chi connectivity index (χ4v) is 3.29. The van der Waals surface area contributed by atoms with Crippen molar-refractivity contribution in [2.75, 3.05) is 24.6 Å². The highest BCUT2D eigenvalue weighted by Crippen LogP contribution is 2.27. The number of carbonyl (C=O) groups is 2. The van der Waals surface area contributed by atoms with Gasteiger partial charge in [-0.25, -0.2) is 0 Å². The number of nitrogens with zero attached hydrogens (tertiary/aromatic N) is 2. The van der Waals surface area contributed by atoms with Crippen LogP contribution in [0.25, 0.3) is 0 Å². The Labute approximate surface area is 137 Å². The van der Waals surface area contributed by atoms with Gasteiger partial charge in [0, 0.05) is 25.2 Å². The summed E-state index contributed by atoms with van der Waals surface area (Å²) >= 11 is 0. The third-order valence-corrected chi connectivity index (χ3v) is 4.71. The summed E-state index contributed by atoms with van der Waals surface area (Å²) in [5.74, 6) is -0.145. The second kappa shape index (κ2) is 6.32. The quantitative estimate of drug-likeness (QED) is 0.838. The molecule has 5 nitrogen and oxygen atoms in total. The van der Waals surface area contributed by atoms with Crippen LogP contribution in [0.1, 0.15) is 25.8 Å². The van der Waals surface area contributed by atoms with Crippen molar-refractivity contribution < 1.29 is 14.3 Å². The van der Waals surface area contributed by atoms with Crippen molar-refractivity contribution in [3.63, 3.8) is 0 Å². The summed E-state index contributed by atoms with van der Waals surface area (Å²) in [6.45, 7) is 7.63. The summed E-state index contributed by atoms with van der Waals surface area (Å²) in [6.07, 6.45) is 0.353. The lowest BCUT2D eigenvalue weighted by atomic mass is 10.0. The molecule has 0 N–H and O–H groups in total. The van der Waals surface area contributed by atoms with Crippen molar-refractivity contribution in [2.45, 2.75) is 39.3 Å². The largest absolute Gasteiger partial charge is 0.375 e. The second-order valence-corrected chi connectivity index (χ2v) is 6.72. The molecule has 0 bridgehead atoms. The predicted molar refractivity (Wildman–Crippen MR) is 88.2 cm³/mol. The van der Waals surface area contributed by atoms with Crippen molar-refractivity contribution in [3.05, 3.63) is 29.8 Å². The highest BCUT2D eigenvalue weighted by Gasteiger charge is 2.39. The molecule has 2 fully saturated rings. The molecule has 0 aromatic heterocycles. The number of hydrogen-bond acceptors (Lipinski definition) is 3. The first-order valence-electron chi connectivity index (χ1n) is 8.25. The predicted octanol–water partition coefficient (Wildman–Crippen LogP) is 1.98. The molecule has 0 spiro atoms. The van der Waals surface area contributed by atoms with Crippen molar-refractivity contribution >= 4 is 17.5 Å². The lowest BCUT2D eigenvalue weighted by Crippen LogP contribution is -2.52. The zero-order valence-corrected chi connectivity index (χ0v) is 14.0. The summed E-state index contributed by atoms with van der Waals surface area (Å²) in [5, 5.41) is 0. The van der Waals surface area contributed by atoms with Crippen LogP contribution in [-0.4, -0.2) is 48.6 Å². The van der Waals surface area contributed by atoms with E-state index in [0.29, 0.717) is 26.1 Å². The molecule has 124 valence electrons. The summed E-state index contributed by atoms with van der Waals surface area (Å²) in [6, 6.07) is 7.94. The number of carbonyl (C=O) groups excluding carboxylic acids is 2. The molecule has 1 aromatic rings. The van der Waals surface area contributed by atoms with Crippen LogP contribution in [0.4, 0.5) is 5.69 Å². The summed E-state index contributed by atoms with van der Waals surface area (Å²) in [5.41, 5.74) is 2.03. The average molecular weight is 316 g/mol. The van der Waals surface area contributed by atoms with E-state index in [9.17, 15) is 9.59 Å². The Kier molecular flexibility index (Phi) is 4.39. The Morgan fingerprint density at radius 2 is 1.87 bits per heavy atom. The Hall–Kier alpha value is -1.88. The van der Waals surface area contributed by atoms with Crippen LogP contribution in [0.2, 0.25) is 0 Å². The van der Waals surface area contributed by atoms with E-state index in [0.717, 1.165) is 11.3 Å². The number of morpholine rings is 1. The van der Waals surface area contributed by atoms with Gasteiger partial charge in [-0.05, 0) is 32.9 Å². The smallest absolute Gasteiger partial charge is 0.228 e. The molecule has 3 atom stereocenters. The third kappa shape index (κ3) is 3.24. The number of anilines is 1. The SMILES string of the molecule is Cc1ccc(N2CC(C(=O)N3CC(C)OCC3C)CC2=O)cc1. The molecule has 2 heterocycles. The van der Waals surface area contributed by atoms with Gasteiger partial charge in [0.05, 0.1) is 24.7 Å². The highest BCUT2D eigenvalue weighted by atomic mass is 16.5. The molecule has 5 heteroatoms. The molecule has 2 amide bonds. The van der Waals surface area contributed by atoms with Crippen LogP contribution in [0.5, 0.6) is 0 Å². The number of benzene rings is 1. The van der Waals surface area contributed by atoms with Crippen LogP contribution >= 0.6 is 0 Å². The summed E-state index contributed by atoms with van der Waals surface area (Å²) in [7, 11) is 0. The first-order valence-corrected chi connectivity index (χ1v) is 8.25. The molecular formula is C18H24N2O3. The highest BCUT2D eigenvalue weighted by molar-refractivity contribution is 6.00. The standard InChI is InChI=1S/C18H24N2O3/c1-12-4-6-16(7-5-12)20-10-15(8-17(20)21)18(22)19-9-14(3)23-11-13(19)2/h4-7,13-15H,8-11H2,1-3H3. The number of hydrogen-bond donors (Lipinski definition) is 0. The Balaban J connectivity index is 1.71.